The lowest BCUT2D eigenvalue weighted by Gasteiger charge is -2.19. The van der Waals surface area contributed by atoms with Crippen LogP contribution in [-0.4, -0.2) is 30.4 Å². The summed E-state index contributed by atoms with van der Waals surface area (Å²) in [6, 6.07) is 7.81. The maximum atomic E-state index is 11.4. The zero-order valence-electron chi connectivity index (χ0n) is 9.28. The lowest BCUT2D eigenvalue weighted by molar-refractivity contribution is -0.121. The summed E-state index contributed by atoms with van der Waals surface area (Å²) < 4.78 is 0. The molecule has 2 rings (SSSR count). The van der Waals surface area contributed by atoms with Crippen LogP contribution in [0.1, 0.15) is 12.0 Å². The molecule has 1 aromatic carbocycles. The summed E-state index contributed by atoms with van der Waals surface area (Å²) in [4.78, 5) is 13.5. The molecule has 0 atom stereocenters. The topological polar surface area (TPSA) is 58.4 Å². The molecule has 0 aromatic heterocycles. The number of nitrogens with two attached hydrogens (primary N) is 1. The van der Waals surface area contributed by atoms with Crippen LogP contribution in [0.2, 0.25) is 0 Å². The summed E-state index contributed by atoms with van der Waals surface area (Å²) in [5, 5.41) is 2.86. The number of rotatable bonds is 2. The van der Waals surface area contributed by atoms with Crippen molar-refractivity contribution in [1.29, 1.82) is 0 Å². The third-order valence-corrected chi connectivity index (χ3v) is 2.79. The Bertz CT molecular complexity index is 378. The highest BCUT2D eigenvalue weighted by Crippen LogP contribution is 2.13. The number of carbonyl (C=O) groups excluding carboxylic acids is 1. The van der Waals surface area contributed by atoms with Gasteiger partial charge in [-0.2, -0.15) is 0 Å². The van der Waals surface area contributed by atoms with Gasteiger partial charge in [0.1, 0.15) is 0 Å². The number of nitrogens with one attached hydrogen (secondary N) is 1. The molecule has 4 nitrogen and oxygen atoms in total. The Morgan fingerprint density at radius 3 is 3.00 bits per heavy atom. The van der Waals surface area contributed by atoms with Gasteiger partial charge in [-0.3, -0.25) is 9.69 Å². The first-order chi connectivity index (χ1) is 7.75. The summed E-state index contributed by atoms with van der Waals surface area (Å²) in [6.07, 6.45) is 0.998. The van der Waals surface area contributed by atoms with Crippen LogP contribution in [0.4, 0.5) is 5.69 Å². The Hall–Kier alpha value is -1.55. The van der Waals surface area contributed by atoms with Crippen molar-refractivity contribution in [3.63, 3.8) is 0 Å². The monoisotopic (exact) mass is 219 g/mol. The molecule has 0 radical (unpaired) electrons. The van der Waals surface area contributed by atoms with E-state index in [0.717, 1.165) is 37.3 Å². The number of benzene rings is 1. The van der Waals surface area contributed by atoms with Crippen LogP contribution in [0, 0.1) is 0 Å². The van der Waals surface area contributed by atoms with Crippen LogP contribution in [0.5, 0.6) is 0 Å². The van der Waals surface area contributed by atoms with Gasteiger partial charge in [0.05, 0.1) is 6.54 Å². The van der Waals surface area contributed by atoms with E-state index in [1.165, 1.54) is 0 Å². The Morgan fingerprint density at radius 2 is 2.19 bits per heavy atom. The van der Waals surface area contributed by atoms with Gasteiger partial charge >= 0.3 is 0 Å². The van der Waals surface area contributed by atoms with Gasteiger partial charge in [-0.15, -0.1) is 0 Å². The van der Waals surface area contributed by atoms with Gasteiger partial charge in [0.2, 0.25) is 5.91 Å². The number of para-hydroxylation sites is 1. The molecule has 0 saturated carbocycles. The Balaban J connectivity index is 2.03. The standard InChI is InChI=1S/C12H17N3O/c13-11-5-2-1-4-10(11)8-15-7-3-6-14-12(16)9-15/h1-2,4-5H,3,6-9,13H2,(H,14,16). The minimum absolute atomic E-state index is 0.104. The largest absolute Gasteiger partial charge is 0.398 e. The maximum absolute atomic E-state index is 11.4. The van der Waals surface area contributed by atoms with Gasteiger partial charge in [-0.25, -0.2) is 0 Å². The molecule has 1 aliphatic heterocycles. The van der Waals surface area contributed by atoms with E-state index in [0.29, 0.717) is 6.54 Å². The molecule has 1 amide bonds. The first-order valence-corrected chi connectivity index (χ1v) is 5.58. The van der Waals surface area contributed by atoms with Crippen molar-refractivity contribution in [2.75, 3.05) is 25.4 Å². The predicted molar refractivity (Wildman–Crippen MR) is 63.8 cm³/mol. The number of nitrogens with zero attached hydrogens (tertiary/aromatic N) is 1. The van der Waals surface area contributed by atoms with Crippen LogP contribution in [0.3, 0.4) is 0 Å². The van der Waals surface area contributed by atoms with Gasteiger partial charge in [0.15, 0.2) is 0 Å². The zero-order valence-corrected chi connectivity index (χ0v) is 9.28. The highest BCUT2D eigenvalue weighted by atomic mass is 16.2. The third kappa shape index (κ3) is 2.73. The minimum atomic E-state index is 0.104. The highest BCUT2D eigenvalue weighted by molar-refractivity contribution is 5.78. The third-order valence-electron chi connectivity index (χ3n) is 2.79. The van der Waals surface area contributed by atoms with Crippen LogP contribution in [0.25, 0.3) is 0 Å². The SMILES string of the molecule is Nc1ccccc1CN1CCCNC(=O)C1. The molecule has 1 aromatic rings. The molecule has 0 bridgehead atoms. The molecule has 1 aliphatic rings. The van der Waals surface area contributed by atoms with Crippen molar-refractivity contribution in [3.05, 3.63) is 29.8 Å². The normalized spacial score (nSPS) is 17.9. The lowest BCUT2D eigenvalue weighted by Crippen LogP contribution is -2.32. The second-order valence-corrected chi connectivity index (χ2v) is 4.11. The Labute approximate surface area is 95.4 Å². The zero-order chi connectivity index (χ0) is 11.4. The number of hydrogen-bond donors (Lipinski definition) is 2. The van der Waals surface area contributed by atoms with Crippen molar-refractivity contribution in [3.8, 4) is 0 Å². The van der Waals surface area contributed by atoms with Crippen LogP contribution in [0.15, 0.2) is 24.3 Å². The lowest BCUT2D eigenvalue weighted by atomic mass is 10.1. The minimum Gasteiger partial charge on any atom is -0.398 e. The van der Waals surface area contributed by atoms with Crippen LogP contribution >= 0.6 is 0 Å². The predicted octanol–water partition coefficient (Wildman–Crippen LogP) is 0.591. The molecule has 1 saturated heterocycles. The average Bonchev–Trinajstić information content (AvgIpc) is 2.46. The van der Waals surface area contributed by atoms with Gasteiger partial charge < -0.3 is 11.1 Å². The molecule has 0 aliphatic carbocycles. The molecule has 1 heterocycles. The summed E-state index contributed by atoms with van der Waals surface area (Å²) in [5.74, 6) is 0.104. The van der Waals surface area contributed by atoms with Crippen LogP contribution in [-0.2, 0) is 11.3 Å². The average molecular weight is 219 g/mol. The molecular weight excluding hydrogens is 202 g/mol. The molecular formula is C12H17N3O. The molecule has 0 unspecified atom stereocenters. The molecule has 3 N–H and O–H groups in total. The summed E-state index contributed by atoms with van der Waals surface area (Å²) in [6.45, 7) is 2.93. The molecule has 1 fully saturated rings. The maximum Gasteiger partial charge on any atom is 0.234 e. The van der Waals surface area contributed by atoms with Gasteiger partial charge in [0.25, 0.3) is 0 Å². The van der Waals surface area contributed by atoms with E-state index in [1.807, 2.05) is 24.3 Å². The van der Waals surface area contributed by atoms with Crippen molar-refractivity contribution >= 4 is 11.6 Å². The number of anilines is 1. The molecule has 0 spiro atoms. The first-order valence-electron chi connectivity index (χ1n) is 5.58. The fraction of sp³-hybridized carbons (Fsp3) is 0.417. The fourth-order valence-corrected chi connectivity index (χ4v) is 1.92. The van der Waals surface area contributed by atoms with E-state index < -0.39 is 0 Å². The second kappa shape index (κ2) is 4.99. The van der Waals surface area contributed by atoms with Crippen molar-refractivity contribution in [2.45, 2.75) is 13.0 Å². The molecule has 86 valence electrons. The van der Waals surface area contributed by atoms with Crippen LogP contribution < -0.4 is 11.1 Å². The fourth-order valence-electron chi connectivity index (χ4n) is 1.92. The number of nitrogen functional groups attached to an aromatic ring is 1. The smallest absolute Gasteiger partial charge is 0.234 e. The number of hydrogen-bond acceptors (Lipinski definition) is 3. The van der Waals surface area contributed by atoms with E-state index >= 15 is 0 Å². The molecule has 16 heavy (non-hydrogen) atoms. The second-order valence-electron chi connectivity index (χ2n) is 4.11. The van der Waals surface area contributed by atoms with E-state index in [9.17, 15) is 4.79 Å². The van der Waals surface area contributed by atoms with Gasteiger partial charge in [-0.1, -0.05) is 18.2 Å². The van der Waals surface area contributed by atoms with Crippen molar-refractivity contribution in [1.82, 2.24) is 10.2 Å². The Kier molecular flexibility index (Phi) is 3.41. The first kappa shape index (κ1) is 11.0. The summed E-state index contributed by atoms with van der Waals surface area (Å²) in [7, 11) is 0. The Morgan fingerprint density at radius 1 is 1.38 bits per heavy atom. The van der Waals surface area contributed by atoms with E-state index in [-0.39, 0.29) is 5.91 Å². The van der Waals surface area contributed by atoms with E-state index in [1.54, 1.807) is 0 Å². The quantitative estimate of drug-likeness (QED) is 0.716. The number of carbonyl (C=O) groups is 1. The summed E-state index contributed by atoms with van der Waals surface area (Å²) in [5.41, 5.74) is 7.78. The van der Waals surface area contributed by atoms with Gasteiger partial charge in [0, 0.05) is 25.3 Å². The van der Waals surface area contributed by atoms with E-state index in [4.69, 9.17) is 5.73 Å². The molecule has 4 heteroatoms. The number of amides is 1. The van der Waals surface area contributed by atoms with E-state index in [2.05, 4.69) is 10.2 Å². The van der Waals surface area contributed by atoms with Crippen molar-refractivity contribution in [2.24, 2.45) is 0 Å². The van der Waals surface area contributed by atoms with Gasteiger partial charge in [-0.05, 0) is 18.1 Å². The summed E-state index contributed by atoms with van der Waals surface area (Å²) >= 11 is 0. The van der Waals surface area contributed by atoms with Crippen molar-refractivity contribution < 1.29 is 4.79 Å². The highest BCUT2D eigenvalue weighted by Gasteiger charge is 2.15.